The maximum absolute atomic E-state index is 6.25. The van der Waals surface area contributed by atoms with Crippen LogP contribution in [0.25, 0.3) is 0 Å². The van der Waals surface area contributed by atoms with E-state index in [1.807, 2.05) is 0 Å². The molecule has 1 aliphatic carbocycles. The average Bonchev–Trinajstić information content (AvgIpc) is 2.67. The summed E-state index contributed by atoms with van der Waals surface area (Å²) in [7, 11) is 0. The fraction of sp³-hybridized carbons (Fsp3) is 1.00. The molecule has 3 heteroatoms. The van der Waals surface area contributed by atoms with Gasteiger partial charge in [0.1, 0.15) is 0 Å². The third-order valence-corrected chi connectivity index (χ3v) is 5.95. The van der Waals surface area contributed by atoms with Gasteiger partial charge in [-0.15, -0.1) is 0 Å². The van der Waals surface area contributed by atoms with Crippen molar-refractivity contribution in [1.29, 1.82) is 0 Å². The maximum Gasteiger partial charge on any atom is 0.0448 e. The Bertz CT molecular complexity index is 297. The number of nitrogens with two attached hydrogens (primary N) is 1. The summed E-state index contributed by atoms with van der Waals surface area (Å²) < 4.78 is 0. The van der Waals surface area contributed by atoms with Crippen LogP contribution in [-0.2, 0) is 0 Å². The minimum absolute atomic E-state index is 0.155. The minimum Gasteiger partial charge on any atom is -0.329 e. The molecule has 3 nitrogen and oxygen atoms in total. The molecule has 0 aromatic rings. The third kappa shape index (κ3) is 4.43. The molecule has 1 heterocycles. The molecule has 0 aromatic carbocycles. The van der Waals surface area contributed by atoms with E-state index in [2.05, 4.69) is 31.2 Å². The number of hydrazine groups is 1. The summed E-state index contributed by atoms with van der Waals surface area (Å²) in [4.78, 5) is 0. The van der Waals surface area contributed by atoms with Gasteiger partial charge in [0.05, 0.1) is 0 Å². The number of hydrogen-bond donors (Lipinski definition) is 2. The molecule has 4 unspecified atom stereocenters. The Labute approximate surface area is 132 Å². The Balaban J connectivity index is 2.00. The zero-order valence-electron chi connectivity index (χ0n) is 14.5. The Hall–Kier alpha value is -0.120. The van der Waals surface area contributed by atoms with Gasteiger partial charge < -0.3 is 5.73 Å². The van der Waals surface area contributed by atoms with Gasteiger partial charge in [-0.3, -0.25) is 0 Å². The summed E-state index contributed by atoms with van der Waals surface area (Å²) in [6, 6.07) is 1.29. The SMILES string of the molecule is CCCC1CCCC(CN)(NN2C(C)CCCC2C)CC1. The lowest BCUT2D eigenvalue weighted by atomic mass is 9.89. The van der Waals surface area contributed by atoms with Gasteiger partial charge in [-0.05, 0) is 51.9 Å². The molecule has 21 heavy (non-hydrogen) atoms. The van der Waals surface area contributed by atoms with E-state index >= 15 is 0 Å². The van der Waals surface area contributed by atoms with Crippen LogP contribution in [0.1, 0.15) is 85.0 Å². The Morgan fingerprint density at radius 3 is 2.38 bits per heavy atom. The fourth-order valence-electron chi connectivity index (χ4n) is 4.45. The zero-order valence-corrected chi connectivity index (χ0v) is 14.5. The van der Waals surface area contributed by atoms with E-state index < -0.39 is 0 Å². The summed E-state index contributed by atoms with van der Waals surface area (Å²) >= 11 is 0. The number of hydrogen-bond acceptors (Lipinski definition) is 3. The van der Waals surface area contributed by atoms with Crippen molar-refractivity contribution in [3.63, 3.8) is 0 Å². The zero-order chi connectivity index (χ0) is 15.3. The van der Waals surface area contributed by atoms with E-state index in [1.165, 1.54) is 64.2 Å². The normalized spacial score (nSPS) is 39.1. The van der Waals surface area contributed by atoms with Crippen molar-refractivity contribution < 1.29 is 0 Å². The molecule has 1 aliphatic heterocycles. The number of nitrogens with one attached hydrogen (secondary N) is 1. The van der Waals surface area contributed by atoms with Gasteiger partial charge in [0.2, 0.25) is 0 Å². The average molecular weight is 296 g/mol. The number of rotatable bonds is 5. The number of piperidine rings is 1. The van der Waals surface area contributed by atoms with Gasteiger partial charge >= 0.3 is 0 Å². The molecular weight excluding hydrogens is 258 g/mol. The van der Waals surface area contributed by atoms with Crippen LogP contribution in [0.5, 0.6) is 0 Å². The van der Waals surface area contributed by atoms with Crippen molar-refractivity contribution in [2.75, 3.05) is 6.54 Å². The first-order valence-corrected chi connectivity index (χ1v) is 9.36. The highest BCUT2D eigenvalue weighted by Crippen LogP contribution is 2.33. The highest BCUT2D eigenvalue weighted by Gasteiger charge is 2.36. The first-order valence-electron chi connectivity index (χ1n) is 9.36. The first-order chi connectivity index (χ1) is 10.1. The van der Waals surface area contributed by atoms with Crippen LogP contribution in [0, 0.1) is 5.92 Å². The molecule has 2 rings (SSSR count). The highest BCUT2D eigenvalue weighted by molar-refractivity contribution is 4.93. The van der Waals surface area contributed by atoms with E-state index in [-0.39, 0.29) is 5.54 Å². The van der Waals surface area contributed by atoms with E-state index in [0.717, 1.165) is 12.5 Å². The predicted molar refractivity (Wildman–Crippen MR) is 91.0 cm³/mol. The van der Waals surface area contributed by atoms with Crippen LogP contribution in [0.15, 0.2) is 0 Å². The van der Waals surface area contributed by atoms with Gasteiger partial charge in [0.15, 0.2) is 0 Å². The van der Waals surface area contributed by atoms with Crippen molar-refractivity contribution in [3.8, 4) is 0 Å². The minimum atomic E-state index is 0.155. The molecular formula is C18H37N3. The first kappa shape index (κ1) is 17.2. The maximum atomic E-state index is 6.25. The lowest BCUT2D eigenvalue weighted by Crippen LogP contribution is -2.63. The van der Waals surface area contributed by atoms with E-state index in [9.17, 15) is 0 Å². The molecule has 4 atom stereocenters. The lowest BCUT2D eigenvalue weighted by molar-refractivity contribution is -0.00321. The van der Waals surface area contributed by atoms with E-state index in [0.29, 0.717) is 12.1 Å². The molecule has 0 aromatic heterocycles. The van der Waals surface area contributed by atoms with Crippen LogP contribution >= 0.6 is 0 Å². The smallest absolute Gasteiger partial charge is 0.0448 e. The molecule has 3 N–H and O–H groups in total. The summed E-state index contributed by atoms with van der Waals surface area (Å²) in [6.07, 6.45) is 13.3. The Morgan fingerprint density at radius 2 is 1.76 bits per heavy atom. The second-order valence-corrected chi connectivity index (χ2v) is 7.72. The Kier molecular flexibility index (Phi) is 6.51. The van der Waals surface area contributed by atoms with Crippen molar-refractivity contribution in [1.82, 2.24) is 10.4 Å². The molecule has 0 amide bonds. The van der Waals surface area contributed by atoms with E-state index in [1.54, 1.807) is 0 Å². The molecule has 0 radical (unpaired) electrons. The molecule has 2 fully saturated rings. The van der Waals surface area contributed by atoms with Crippen molar-refractivity contribution in [2.45, 2.75) is 103 Å². The highest BCUT2D eigenvalue weighted by atomic mass is 15.6. The third-order valence-electron chi connectivity index (χ3n) is 5.95. The summed E-state index contributed by atoms with van der Waals surface area (Å²) in [5, 5.41) is 2.54. The second kappa shape index (κ2) is 7.94. The predicted octanol–water partition coefficient (Wildman–Crippen LogP) is 3.83. The molecule has 1 saturated carbocycles. The van der Waals surface area contributed by atoms with Gasteiger partial charge in [-0.1, -0.05) is 39.0 Å². The number of nitrogens with zero attached hydrogens (tertiary/aromatic N) is 1. The largest absolute Gasteiger partial charge is 0.329 e. The monoisotopic (exact) mass is 295 g/mol. The van der Waals surface area contributed by atoms with E-state index in [4.69, 9.17) is 5.73 Å². The quantitative estimate of drug-likeness (QED) is 0.757. The van der Waals surface area contributed by atoms with Crippen molar-refractivity contribution >= 4 is 0 Å². The molecule has 1 saturated heterocycles. The summed E-state index contributed by atoms with van der Waals surface area (Å²) in [5.41, 5.74) is 10.3. The van der Waals surface area contributed by atoms with Crippen molar-refractivity contribution in [2.24, 2.45) is 11.7 Å². The van der Waals surface area contributed by atoms with Gasteiger partial charge in [-0.25, -0.2) is 10.4 Å². The lowest BCUT2D eigenvalue weighted by Gasteiger charge is -2.46. The van der Waals surface area contributed by atoms with Crippen LogP contribution in [0.2, 0.25) is 0 Å². The summed E-state index contributed by atoms with van der Waals surface area (Å²) in [6.45, 7) is 7.82. The Morgan fingerprint density at radius 1 is 1.05 bits per heavy atom. The van der Waals surface area contributed by atoms with Gasteiger partial charge in [-0.2, -0.15) is 0 Å². The van der Waals surface area contributed by atoms with Crippen LogP contribution in [-0.4, -0.2) is 29.2 Å². The molecule has 0 bridgehead atoms. The standard InChI is InChI=1S/C18H37N3/c1-4-7-17-10-6-12-18(14-19,13-11-17)20-21-15(2)8-5-9-16(21)3/h15-17,20H,4-14,19H2,1-3H3. The van der Waals surface area contributed by atoms with Gasteiger partial charge in [0, 0.05) is 24.2 Å². The van der Waals surface area contributed by atoms with Crippen LogP contribution < -0.4 is 11.2 Å². The van der Waals surface area contributed by atoms with Crippen LogP contribution in [0.3, 0.4) is 0 Å². The van der Waals surface area contributed by atoms with Crippen molar-refractivity contribution in [3.05, 3.63) is 0 Å². The molecule has 2 aliphatic rings. The molecule has 124 valence electrons. The van der Waals surface area contributed by atoms with Crippen LogP contribution in [0.4, 0.5) is 0 Å². The topological polar surface area (TPSA) is 41.3 Å². The fourth-order valence-corrected chi connectivity index (χ4v) is 4.45. The second-order valence-electron chi connectivity index (χ2n) is 7.72. The summed E-state index contributed by atoms with van der Waals surface area (Å²) in [5.74, 6) is 0.932. The van der Waals surface area contributed by atoms with Gasteiger partial charge in [0.25, 0.3) is 0 Å². The molecule has 0 spiro atoms.